The van der Waals surface area contributed by atoms with Gasteiger partial charge in [0.2, 0.25) is 0 Å². The van der Waals surface area contributed by atoms with Crippen LogP contribution >= 0.6 is 0 Å². The number of ether oxygens (including phenoxy) is 1. The zero-order valence-electron chi connectivity index (χ0n) is 19.8. The molecule has 0 aliphatic carbocycles. The summed E-state index contributed by atoms with van der Waals surface area (Å²) < 4.78 is 4.83. The van der Waals surface area contributed by atoms with Crippen LogP contribution in [0.1, 0.15) is 40.0 Å². The van der Waals surface area contributed by atoms with Crippen LogP contribution in [0.3, 0.4) is 0 Å². The molecule has 1 heterocycles. The number of carbonyl (C=O) groups excluding carboxylic acids is 2. The Hall–Kier alpha value is -2.52. The van der Waals surface area contributed by atoms with Gasteiger partial charge < -0.3 is 20.1 Å². The van der Waals surface area contributed by atoms with Crippen molar-refractivity contribution in [2.24, 2.45) is 5.92 Å². The number of nitrogens with one attached hydrogen (secondary N) is 1. The Kier molecular flexibility index (Phi) is 26.4. The van der Waals surface area contributed by atoms with Gasteiger partial charge in [-0.1, -0.05) is 38.0 Å². The summed E-state index contributed by atoms with van der Waals surface area (Å²) in [4.78, 5) is 23.8. The summed E-state index contributed by atoms with van der Waals surface area (Å²) in [5.74, 6) is -0.850. The lowest BCUT2D eigenvalue weighted by Crippen LogP contribution is -2.35. The topological polar surface area (TPSA) is 119 Å². The van der Waals surface area contributed by atoms with Crippen LogP contribution in [-0.2, 0) is 14.3 Å². The number of carbonyl (C=O) groups is 2. The molecule has 8 heteroatoms. The highest BCUT2D eigenvalue weighted by Crippen LogP contribution is 2.22. The Morgan fingerprint density at radius 2 is 1.50 bits per heavy atom. The van der Waals surface area contributed by atoms with E-state index in [0.717, 1.165) is 26.1 Å². The van der Waals surface area contributed by atoms with Crippen molar-refractivity contribution in [1.82, 2.24) is 5.43 Å². The normalized spacial score (nSPS) is 13.8. The maximum atomic E-state index is 12.1. The lowest BCUT2D eigenvalue weighted by molar-refractivity contribution is -0.127. The molecule has 1 aliphatic rings. The number of para-hydroxylation sites is 1. The molecule has 1 aliphatic heterocycles. The third kappa shape index (κ3) is 15.3. The Morgan fingerprint density at radius 3 is 1.84 bits per heavy atom. The fraction of sp³-hybridized carbons (Fsp3) is 0.500. The molecule has 1 unspecified atom stereocenters. The minimum absolute atomic E-state index is 0.144. The Labute approximate surface area is 193 Å². The van der Waals surface area contributed by atoms with Crippen molar-refractivity contribution in [1.29, 1.82) is 0 Å². The number of aliphatic hydroxyl groups is 3. The molecule has 4 N–H and O–H groups in total. The molecule has 0 aromatic heterocycles. The molecule has 184 valence electrons. The second kappa shape index (κ2) is 24.7. The molecule has 0 bridgehead atoms. The van der Waals surface area contributed by atoms with Crippen molar-refractivity contribution in [3.8, 4) is 0 Å². The van der Waals surface area contributed by atoms with Gasteiger partial charge in [-0.25, -0.2) is 5.01 Å². The van der Waals surface area contributed by atoms with Gasteiger partial charge in [0.25, 0.3) is 11.8 Å². The van der Waals surface area contributed by atoms with E-state index in [2.05, 4.69) is 31.7 Å². The summed E-state index contributed by atoms with van der Waals surface area (Å²) in [6, 6.07) is 9.17. The standard InChI is InChI=1S/C13H16N2O2.C4H10O.C3H8O3.2C2H4/c1-2-3-9-11-12(16)14-15(13(11)17)10-7-5-4-6-8-10;1-3-5-4-2;4-1-3(6)2-5;2*1-2/h4-8,11H,2-3,9H2,1H3,(H,14,16);3-4H2,1-2H3;3-6H,1-2H2;2*1-2H2. The van der Waals surface area contributed by atoms with Crippen LogP contribution in [0, 0.1) is 5.92 Å². The second-order valence-electron chi connectivity index (χ2n) is 5.98. The summed E-state index contributed by atoms with van der Waals surface area (Å²) in [6.45, 7) is 19.0. The lowest BCUT2D eigenvalue weighted by Gasteiger charge is -2.14. The van der Waals surface area contributed by atoms with Crippen molar-refractivity contribution in [2.75, 3.05) is 31.4 Å². The van der Waals surface area contributed by atoms with E-state index in [0.29, 0.717) is 12.1 Å². The molecule has 2 rings (SSSR count). The van der Waals surface area contributed by atoms with E-state index in [1.54, 1.807) is 12.1 Å². The van der Waals surface area contributed by atoms with E-state index in [1.807, 2.05) is 39.0 Å². The molecule has 0 radical (unpaired) electrons. The van der Waals surface area contributed by atoms with Crippen LogP contribution in [0.2, 0.25) is 0 Å². The highest BCUT2D eigenvalue weighted by molar-refractivity contribution is 6.14. The molecule has 1 aromatic rings. The van der Waals surface area contributed by atoms with Gasteiger partial charge in [0.1, 0.15) is 12.0 Å². The number of unbranched alkanes of at least 4 members (excludes halogenated alkanes) is 1. The van der Waals surface area contributed by atoms with Gasteiger partial charge in [-0.05, 0) is 32.4 Å². The van der Waals surface area contributed by atoms with E-state index in [9.17, 15) is 9.59 Å². The molecule has 0 saturated carbocycles. The molecule has 0 spiro atoms. The Bertz CT molecular complexity index is 563. The van der Waals surface area contributed by atoms with Crippen molar-refractivity contribution < 1.29 is 29.6 Å². The molecule has 1 atom stereocenters. The number of benzene rings is 1. The number of hydrazine groups is 1. The van der Waals surface area contributed by atoms with Crippen LogP contribution in [-0.4, -0.2) is 59.7 Å². The van der Waals surface area contributed by atoms with Gasteiger partial charge in [0, 0.05) is 13.2 Å². The minimum Gasteiger partial charge on any atom is -0.394 e. The number of rotatable bonds is 8. The molecule has 2 amide bonds. The third-order valence-electron chi connectivity index (χ3n) is 3.75. The first-order chi connectivity index (χ1) is 15.5. The zero-order chi connectivity index (χ0) is 25.4. The predicted octanol–water partition coefficient (Wildman–Crippen LogP) is 2.85. The molecule has 32 heavy (non-hydrogen) atoms. The largest absolute Gasteiger partial charge is 0.394 e. The van der Waals surface area contributed by atoms with Crippen LogP contribution < -0.4 is 10.4 Å². The van der Waals surface area contributed by atoms with E-state index in [-0.39, 0.29) is 25.0 Å². The highest BCUT2D eigenvalue weighted by Gasteiger charge is 2.39. The summed E-state index contributed by atoms with van der Waals surface area (Å²) in [6.07, 6.45) is 1.56. The lowest BCUT2D eigenvalue weighted by atomic mass is 10.0. The van der Waals surface area contributed by atoms with Crippen LogP contribution in [0.5, 0.6) is 0 Å². The fourth-order valence-electron chi connectivity index (χ4n) is 2.20. The van der Waals surface area contributed by atoms with Crippen molar-refractivity contribution in [2.45, 2.75) is 46.1 Å². The summed E-state index contributed by atoms with van der Waals surface area (Å²) in [5.41, 5.74) is 3.34. The van der Waals surface area contributed by atoms with Gasteiger partial charge in [0.15, 0.2) is 0 Å². The summed E-state index contributed by atoms with van der Waals surface area (Å²) in [7, 11) is 0. The van der Waals surface area contributed by atoms with E-state index in [1.165, 1.54) is 5.01 Å². The van der Waals surface area contributed by atoms with E-state index < -0.39 is 12.0 Å². The summed E-state index contributed by atoms with van der Waals surface area (Å²) >= 11 is 0. The second-order valence-corrected chi connectivity index (χ2v) is 5.98. The molecule has 1 aromatic carbocycles. The monoisotopic (exact) mass is 454 g/mol. The Balaban J connectivity index is -0.000000466. The first-order valence-corrected chi connectivity index (χ1v) is 10.6. The van der Waals surface area contributed by atoms with Gasteiger partial charge in [0.05, 0.1) is 18.9 Å². The van der Waals surface area contributed by atoms with Crippen molar-refractivity contribution >= 4 is 17.5 Å². The van der Waals surface area contributed by atoms with Crippen molar-refractivity contribution in [3.05, 3.63) is 56.6 Å². The smallest absolute Gasteiger partial charge is 0.258 e. The molecule has 1 saturated heterocycles. The number of nitrogens with zero attached hydrogens (tertiary/aromatic N) is 1. The van der Waals surface area contributed by atoms with Crippen LogP contribution in [0.15, 0.2) is 56.6 Å². The number of hydrogen-bond acceptors (Lipinski definition) is 6. The highest BCUT2D eigenvalue weighted by atomic mass is 16.5. The number of hydrogen-bond donors (Lipinski definition) is 4. The quantitative estimate of drug-likeness (QED) is 0.354. The van der Waals surface area contributed by atoms with Gasteiger partial charge >= 0.3 is 0 Å². The molecular weight excluding hydrogens is 412 g/mol. The maximum absolute atomic E-state index is 12.1. The molecule has 8 nitrogen and oxygen atoms in total. The SMILES string of the molecule is C=C.C=C.CCCCC1C(=O)NN(c2ccccc2)C1=O.CCOCC.OCC(O)CO. The average Bonchev–Trinajstić information content (AvgIpc) is 3.14. The number of anilines is 1. The molecular formula is C24H42N2O6. The number of aliphatic hydroxyl groups excluding tert-OH is 3. The van der Waals surface area contributed by atoms with Crippen molar-refractivity contribution in [3.63, 3.8) is 0 Å². The molecule has 1 fully saturated rings. The average molecular weight is 455 g/mol. The van der Waals surface area contributed by atoms with E-state index in [4.69, 9.17) is 20.1 Å². The first kappa shape index (κ1) is 34.1. The van der Waals surface area contributed by atoms with Crippen LogP contribution in [0.4, 0.5) is 5.69 Å². The zero-order valence-corrected chi connectivity index (χ0v) is 19.8. The maximum Gasteiger partial charge on any atom is 0.258 e. The first-order valence-electron chi connectivity index (χ1n) is 10.6. The Morgan fingerprint density at radius 1 is 1.00 bits per heavy atom. The van der Waals surface area contributed by atoms with Gasteiger partial charge in [-0.3, -0.25) is 15.0 Å². The predicted molar refractivity (Wildman–Crippen MR) is 130 cm³/mol. The van der Waals surface area contributed by atoms with Gasteiger partial charge in [-0.2, -0.15) is 0 Å². The van der Waals surface area contributed by atoms with Crippen LogP contribution in [0.25, 0.3) is 0 Å². The fourth-order valence-corrected chi connectivity index (χ4v) is 2.20. The third-order valence-corrected chi connectivity index (χ3v) is 3.75. The van der Waals surface area contributed by atoms with E-state index >= 15 is 0 Å². The minimum atomic E-state index is -0.954. The number of amides is 2. The summed E-state index contributed by atoms with van der Waals surface area (Å²) in [5, 5.41) is 25.4. The van der Waals surface area contributed by atoms with Gasteiger partial charge in [-0.15, -0.1) is 26.3 Å².